The molecule has 0 aromatic carbocycles. The maximum atomic E-state index is 12.3. The molecule has 17 heavy (non-hydrogen) atoms. The molecular weight excluding hydrogens is 212 g/mol. The van der Waals surface area contributed by atoms with Gasteiger partial charge in [-0.3, -0.25) is 4.79 Å². The van der Waals surface area contributed by atoms with E-state index < -0.39 is 0 Å². The Morgan fingerprint density at radius 1 is 1.06 bits per heavy atom. The first kappa shape index (κ1) is 12.9. The highest BCUT2D eigenvalue weighted by atomic mass is 16.2. The molecule has 0 saturated heterocycles. The minimum absolute atomic E-state index is 0.357. The number of nitrogens with two attached hydrogens (primary N) is 1. The summed E-state index contributed by atoms with van der Waals surface area (Å²) < 4.78 is 0. The monoisotopic (exact) mass is 238 g/mol. The molecule has 0 aromatic heterocycles. The van der Waals surface area contributed by atoms with Gasteiger partial charge >= 0.3 is 0 Å². The Labute approximate surface area is 105 Å². The van der Waals surface area contributed by atoms with Crippen LogP contribution < -0.4 is 5.73 Å². The van der Waals surface area contributed by atoms with E-state index in [0.29, 0.717) is 24.4 Å². The molecular formula is C14H26N2O. The highest BCUT2D eigenvalue weighted by molar-refractivity contribution is 5.81. The summed E-state index contributed by atoms with van der Waals surface area (Å²) in [6.45, 7) is 1.58. The van der Waals surface area contributed by atoms with Crippen LogP contribution in [0.2, 0.25) is 0 Å². The third kappa shape index (κ3) is 3.70. The van der Waals surface area contributed by atoms with E-state index in [4.69, 9.17) is 5.73 Å². The van der Waals surface area contributed by atoms with E-state index in [1.165, 1.54) is 38.5 Å². The zero-order chi connectivity index (χ0) is 12.1. The number of hydrogen-bond acceptors (Lipinski definition) is 2. The zero-order valence-electron chi connectivity index (χ0n) is 10.9. The van der Waals surface area contributed by atoms with Crippen LogP contribution in [0.15, 0.2) is 0 Å². The third-order valence-electron chi connectivity index (χ3n) is 4.08. The molecule has 0 atom stereocenters. The van der Waals surface area contributed by atoms with Crippen molar-refractivity contribution in [1.29, 1.82) is 0 Å². The van der Waals surface area contributed by atoms with Gasteiger partial charge in [0.1, 0.15) is 0 Å². The molecule has 2 rings (SSSR count). The molecule has 0 heterocycles. The van der Waals surface area contributed by atoms with Crippen molar-refractivity contribution in [3.8, 4) is 0 Å². The van der Waals surface area contributed by atoms with Crippen molar-refractivity contribution >= 4 is 5.91 Å². The van der Waals surface area contributed by atoms with Crippen LogP contribution in [0.25, 0.3) is 0 Å². The number of carbonyl (C=O) groups excluding carboxylic acids is 1. The van der Waals surface area contributed by atoms with Crippen molar-refractivity contribution in [2.45, 2.75) is 63.8 Å². The summed E-state index contributed by atoms with van der Waals surface area (Å²) in [6, 6.07) is 0.511. The van der Waals surface area contributed by atoms with Gasteiger partial charge in [-0.2, -0.15) is 0 Å². The van der Waals surface area contributed by atoms with Gasteiger partial charge in [0.05, 0.1) is 0 Å². The van der Waals surface area contributed by atoms with Gasteiger partial charge in [-0.25, -0.2) is 0 Å². The largest absolute Gasteiger partial charge is 0.339 e. The molecule has 0 aliphatic heterocycles. The van der Waals surface area contributed by atoms with Crippen LogP contribution in [-0.2, 0) is 4.79 Å². The molecule has 0 aromatic rings. The maximum Gasteiger partial charge on any atom is 0.225 e. The molecule has 1 amide bonds. The summed E-state index contributed by atoms with van der Waals surface area (Å²) in [4.78, 5) is 14.5. The van der Waals surface area contributed by atoms with Gasteiger partial charge in [0.15, 0.2) is 0 Å². The van der Waals surface area contributed by atoms with Crippen LogP contribution in [0.1, 0.15) is 57.8 Å². The van der Waals surface area contributed by atoms with Gasteiger partial charge in [-0.15, -0.1) is 0 Å². The summed E-state index contributed by atoms with van der Waals surface area (Å²) in [5.74, 6) is 0.779. The van der Waals surface area contributed by atoms with Gasteiger partial charge < -0.3 is 10.6 Å². The minimum atomic E-state index is 0.357. The molecule has 2 fully saturated rings. The van der Waals surface area contributed by atoms with Gasteiger partial charge in [0, 0.05) is 18.5 Å². The quantitative estimate of drug-likeness (QED) is 0.747. The van der Waals surface area contributed by atoms with Crippen LogP contribution in [0.4, 0.5) is 0 Å². The highest BCUT2D eigenvalue weighted by Gasteiger charge is 2.35. The lowest BCUT2D eigenvalue weighted by Crippen LogP contribution is -2.42. The predicted molar refractivity (Wildman–Crippen MR) is 69.6 cm³/mol. The van der Waals surface area contributed by atoms with E-state index in [1.54, 1.807) is 0 Å². The fourth-order valence-corrected chi connectivity index (χ4v) is 2.87. The van der Waals surface area contributed by atoms with Crippen LogP contribution in [0.5, 0.6) is 0 Å². The SMILES string of the molecule is NCCCN(C(=O)C1CC1)C1CCCCCC1. The van der Waals surface area contributed by atoms with Crippen LogP contribution >= 0.6 is 0 Å². The Hall–Kier alpha value is -0.570. The molecule has 0 bridgehead atoms. The fraction of sp³-hybridized carbons (Fsp3) is 0.929. The molecule has 98 valence electrons. The Balaban J connectivity index is 1.93. The number of carbonyl (C=O) groups is 1. The molecule has 2 saturated carbocycles. The van der Waals surface area contributed by atoms with Gasteiger partial charge in [0.25, 0.3) is 0 Å². The number of hydrogen-bond donors (Lipinski definition) is 1. The smallest absolute Gasteiger partial charge is 0.225 e. The van der Waals surface area contributed by atoms with Crippen molar-refractivity contribution < 1.29 is 4.79 Å². The highest BCUT2D eigenvalue weighted by Crippen LogP contribution is 2.33. The van der Waals surface area contributed by atoms with Crippen molar-refractivity contribution in [1.82, 2.24) is 4.90 Å². The molecule has 0 radical (unpaired) electrons. The second-order valence-electron chi connectivity index (χ2n) is 5.59. The van der Waals surface area contributed by atoms with Crippen LogP contribution in [0.3, 0.4) is 0 Å². The van der Waals surface area contributed by atoms with Crippen LogP contribution in [0, 0.1) is 5.92 Å². The molecule has 0 spiro atoms. The topological polar surface area (TPSA) is 46.3 Å². The van der Waals surface area contributed by atoms with E-state index in [2.05, 4.69) is 4.90 Å². The molecule has 3 heteroatoms. The number of nitrogens with zero attached hydrogens (tertiary/aromatic N) is 1. The van der Waals surface area contributed by atoms with E-state index in [9.17, 15) is 4.79 Å². The average molecular weight is 238 g/mol. The Bertz CT molecular complexity index is 243. The van der Waals surface area contributed by atoms with Crippen molar-refractivity contribution in [3.63, 3.8) is 0 Å². The van der Waals surface area contributed by atoms with Gasteiger partial charge in [0.2, 0.25) is 5.91 Å². The summed E-state index contributed by atoms with van der Waals surface area (Å²) in [6.07, 6.45) is 10.9. The maximum absolute atomic E-state index is 12.3. The first-order valence-electron chi connectivity index (χ1n) is 7.33. The zero-order valence-corrected chi connectivity index (χ0v) is 10.9. The Kier molecular flexibility index (Phi) is 4.84. The lowest BCUT2D eigenvalue weighted by molar-refractivity contribution is -0.135. The lowest BCUT2D eigenvalue weighted by atomic mass is 10.1. The van der Waals surface area contributed by atoms with Crippen molar-refractivity contribution in [3.05, 3.63) is 0 Å². The third-order valence-corrected chi connectivity index (χ3v) is 4.08. The summed E-state index contributed by atoms with van der Waals surface area (Å²) >= 11 is 0. The fourth-order valence-electron chi connectivity index (χ4n) is 2.87. The second kappa shape index (κ2) is 6.39. The lowest BCUT2D eigenvalue weighted by Gasteiger charge is -2.31. The van der Waals surface area contributed by atoms with E-state index >= 15 is 0 Å². The van der Waals surface area contributed by atoms with Gasteiger partial charge in [-0.1, -0.05) is 25.7 Å². The van der Waals surface area contributed by atoms with E-state index in [0.717, 1.165) is 25.8 Å². The normalized spacial score (nSPS) is 22.2. The van der Waals surface area contributed by atoms with Crippen molar-refractivity contribution in [2.24, 2.45) is 11.7 Å². The second-order valence-corrected chi connectivity index (χ2v) is 5.59. The predicted octanol–water partition coefficient (Wildman–Crippen LogP) is 2.30. The number of amides is 1. The molecule has 3 nitrogen and oxygen atoms in total. The standard InChI is InChI=1S/C14H26N2O/c15-10-5-11-16(14(17)12-8-9-12)13-6-3-1-2-4-7-13/h12-13H,1-11,15H2. The van der Waals surface area contributed by atoms with E-state index in [1.807, 2.05) is 0 Å². The average Bonchev–Trinajstić information content (AvgIpc) is 3.17. The first-order chi connectivity index (χ1) is 8.33. The summed E-state index contributed by atoms with van der Waals surface area (Å²) in [5, 5.41) is 0. The molecule has 2 N–H and O–H groups in total. The summed E-state index contributed by atoms with van der Waals surface area (Å²) in [7, 11) is 0. The van der Waals surface area contributed by atoms with Crippen LogP contribution in [-0.4, -0.2) is 29.9 Å². The number of rotatable bonds is 5. The van der Waals surface area contributed by atoms with Gasteiger partial charge in [-0.05, 0) is 38.6 Å². The molecule has 2 aliphatic carbocycles. The van der Waals surface area contributed by atoms with Crippen molar-refractivity contribution in [2.75, 3.05) is 13.1 Å². The molecule has 2 aliphatic rings. The van der Waals surface area contributed by atoms with E-state index in [-0.39, 0.29) is 0 Å². The Morgan fingerprint density at radius 3 is 2.24 bits per heavy atom. The Morgan fingerprint density at radius 2 is 1.71 bits per heavy atom. The first-order valence-corrected chi connectivity index (χ1v) is 7.33. The molecule has 0 unspecified atom stereocenters. The summed E-state index contributed by atoms with van der Waals surface area (Å²) in [5.41, 5.74) is 5.59. The minimum Gasteiger partial charge on any atom is -0.339 e.